The van der Waals surface area contributed by atoms with Crippen molar-refractivity contribution in [2.75, 3.05) is 42.6 Å². The summed E-state index contributed by atoms with van der Waals surface area (Å²) < 4.78 is 27.8. The van der Waals surface area contributed by atoms with E-state index in [0.717, 1.165) is 135 Å². The third kappa shape index (κ3) is 19.6. The van der Waals surface area contributed by atoms with Crippen molar-refractivity contribution in [1.29, 1.82) is 0 Å². The van der Waals surface area contributed by atoms with Crippen molar-refractivity contribution in [3.05, 3.63) is 235 Å². The molecule has 3 unspecified atom stereocenters. The predicted octanol–water partition coefficient (Wildman–Crippen LogP) is 15.2. The molecular weight excluding hydrogens is 1550 g/mol. The zero-order valence-corrected chi connectivity index (χ0v) is 71.4. The highest BCUT2D eigenvalue weighted by molar-refractivity contribution is 5.66. The Morgan fingerprint density at radius 1 is 0.439 bits per heavy atom. The number of hydrogen-bond donors (Lipinski definition) is 5. The van der Waals surface area contributed by atoms with Gasteiger partial charge in [-0.1, -0.05) is 166 Å². The molecular formula is C91H105N27O5. The molecule has 634 valence electrons. The third-order valence-electron chi connectivity index (χ3n) is 23.8. The van der Waals surface area contributed by atoms with Gasteiger partial charge in [-0.2, -0.15) is 35.2 Å². The molecule has 2 aliphatic carbocycles. The number of aliphatic hydroxyl groups is 1. The van der Waals surface area contributed by atoms with Gasteiger partial charge in [0.2, 0.25) is 29.7 Å². The van der Waals surface area contributed by atoms with Crippen molar-refractivity contribution in [3.63, 3.8) is 0 Å². The second kappa shape index (κ2) is 36.1. The first-order chi connectivity index (χ1) is 59.1. The Labute approximate surface area is 713 Å². The van der Waals surface area contributed by atoms with E-state index in [1.54, 1.807) is 71.3 Å². The highest BCUT2D eigenvalue weighted by Crippen LogP contribution is 2.51. The first-order valence-electron chi connectivity index (χ1n) is 41.6. The zero-order valence-electron chi connectivity index (χ0n) is 71.4. The van der Waals surface area contributed by atoms with Crippen LogP contribution < -0.4 is 22.9 Å². The van der Waals surface area contributed by atoms with Gasteiger partial charge in [0.05, 0.1) is 64.2 Å². The third-order valence-corrected chi connectivity index (χ3v) is 23.8. The summed E-state index contributed by atoms with van der Waals surface area (Å²) in [6, 6.07) is 33.3. The molecule has 3 fully saturated rings. The van der Waals surface area contributed by atoms with Gasteiger partial charge in [-0.05, 0) is 153 Å². The Bertz CT molecular complexity index is 5930. The van der Waals surface area contributed by atoms with Gasteiger partial charge >= 0.3 is 0 Å². The molecule has 2 saturated carbocycles. The average Bonchev–Trinajstić information content (AvgIpc) is 1.60. The summed E-state index contributed by atoms with van der Waals surface area (Å²) in [7, 11) is 3.71. The maximum Gasteiger partial charge on any atom is 0.261 e. The fraction of sp³-hybridized carbons (Fsp3) is 0.374. The van der Waals surface area contributed by atoms with Crippen molar-refractivity contribution < 1.29 is 23.2 Å². The van der Waals surface area contributed by atoms with Gasteiger partial charge in [-0.25, -0.2) is 39.9 Å². The Morgan fingerprint density at radius 2 is 0.854 bits per heavy atom. The quantitative estimate of drug-likeness (QED) is 0.0421. The second-order valence-corrected chi connectivity index (χ2v) is 34.5. The fourth-order valence-electron chi connectivity index (χ4n) is 16.0. The number of aromatic nitrogens is 22. The molecule has 4 aromatic carbocycles. The van der Waals surface area contributed by atoms with Crippen LogP contribution in [-0.2, 0) is 31.5 Å². The number of benzene rings is 4. The van der Waals surface area contributed by atoms with Gasteiger partial charge in [-0.15, -0.1) is 0 Å². The molecule has 1 aliphatic heterocycles. The van der Waals surface area contributed by atoms with Gasteiger partial charge < -0.3 is 51.0 Å². The van der Waals surface area contributed by atoms with Crippen LogP contribution in [0.4, 0.5) is 23.8 Å². The highest BCUT2D eigenvalue weighted by atomic mass is 16.5. The van der Waals surface area contributed by atoms with Crippen LogP contribution in [0.15, 0.2) is 202 Å². The lowest BCUT2D eigenvalue weighted by Crippen LogP contribution is -2.32. The number of anilines is 4. The molecule has 0 amide bonds. The lowest BCUT2D eigenvalue weighted by atomic mass is 9.72. The Kier molecular flexibility index (Phi) is 24.8. The highest BCUT2D eigenvalue weighted by Gasteiger charge is 2.48. The molecule has 1 saturated heterocycles. The van der Waals surface area contributed by atoms with Crippen LogP contribution in [0.2, 0.25) is 0 Å². The van der Waals surface area contributed by atoms with Crippen LogP contribution in [0.25, 0.3) is 78.9 Å². The summed E-state index contributed by atoms with van der Waals surface area (Å²) in [5.74, 6) is 7.22. The largest absolute Gasteiger partial charge is 0.390 e. The number of hydrogen-bond acceptors (Lipinski definition) is 29. The average molecular weight is 1660 g/mol. The number of aryl methyl sites for hydroxylation is 2. The van der Waals surface area contributed by atoms with E-state index in [0.29, 0.717) is 52.9 Å². The van der Waals surface area contributed by atoms with Crippen LogP contribution >= 0.6 is 0 Å². The van der Waals surface area contributed by atoms with E-state index in [1.165, 1.54) is 31.5 Å². The van der Waals surface area contributed by atoms with Gasteiger partial charge in [0.1, 0.15) is 0 Å². The molecule has 0 radical (unpaired) electrons. The molecule has 32 heteroatoms. The first kappa shape index (κ1) is 84.5. The number of rotatable bonds is 22. The van der Waals surface area contributed by atoms with E-state index in [1.807, 2.05) is 74.8 Å². The van der Waals surface area contributed by atoms with E-state index < -0.39 is 11.0 Å². The second-order valence-electron chi connectivity index (χ2n) is 34.5. The maximum atomic E-state index is 10.2. The van der Waals surface area contributed by atoms with Crippen LogP contribution in [0.3, 0.4) is 0 Å². The maximum absolute atomic E-state index is 10.2. The van der Waals surface area contributed by atoms with E-state index in [9.17, 15) is 5.11 Å². The molecule has 9 N–H and O–H groups in total. The summed E-state index contributed by atoms with van der Waals surface area (Å²) in [6.07, 6.45) is 32.9. The lowest BCUT2D eigenvalue weighted by Gasteiger charge is -2.32. The van der Waals surface area contributed by atoms with E-state index in [-0.39, 0.29) is 58.3 Å². The summed E-state index contributed by atoms with van der Waals surface area (Å²) >= 11 is 0. The van der Waals surface area contributed by atoms with Crippen LogP contribution in [0, 0.1) is 23.2 Å². The molecule has 15 aromatic rings. The van der Waals surface area contributed by atoms with E-state index in [4.69, 9.17) is 51.0 Å². The lowest BCUT2D eigenvalue weighted by molar-refractivity contribution is 0.0143. The van der Waals surface area contributed by atoms with Crippen molar-refractivity contribution in [2.45, 2.75) is 161 Å². The van der Waals surface area contributed by atoms with Crippen LogP contribution in [0.5, 0.6) is 0 Å². The fourth-order valence-corrected chi connectivity index (χ4v) is 16.0. The van der Waals surface area contributed by atoms with Crippen molar-refractivity contribution in [1.82, 2.24) is 115 Å². The predicted molar refractivity (Wildman–Crippen MR) is 466 cm³/mol. The standard InChI is InChI=1S/C26H30N8O.C24H31N5O2.C21H23N7O.C20H21N7O/c1-26(22-8-9-22,21-6-4-18(5-7-21)19-14-28-25(27)29-15-19)24-31-23(35-32-24)20-16-30-34(17-20)13-12-33-10-2-3-11-33;1-15(2)24(4,19-7-5-16(6-8-19)18-13-26-22(25)27-14-18)21-28-20(31-29-21)17-9-11-23(3,30)12-10-17;1-21(2,3)17(18-26-19(29-27-18)16-11-25-28(4)12-16)14-7-5-13(6-8-14)15-9-23-20(22)24-10-15;1-12(2)17(18-25-19(28-26-18)16-10-24-27(3)11-16)14-6-4-13(5-7-14)15-8-22-20(21)23-9-15/h4-7,14-17,22H,2-3,8-13H2,1H3,(H2,27,28,29);5-8,13-15,17,30H,9-12H2,1-4H3,(H2,25,26,27);5-12,17H,1-4H3,(H2,22,23,24);4-12,17H,1-3H3,(H2,21,22,23)/t26-;;;/m0.../s1. The molecule has 11 aromatic heterocycles. The van der Waals surface area contributed by atoms with Crippen molar-refractivity contribution >= 4 is 23.8 Å². The topological polar surface area (TPSA) is 440 Å². The number of nitrogens with two attached hydrogens (primary N) is 4. The summed E-state index contributed by atoms with van der Waals surface area (Å²) in [6.45, 7) is 25.7. The molecule has 0 spiro atoms. The van der Waals surface area contributed by atoms with Gasteiger partial charge in [0, 0.05) is 123 Å². The van der Waals surface area contributed by atoms with Gasteiger partial charge in [0.25, 0.3) is 17.7 Å². The van der Waals surface area contributed by atoms with Crippen LogP contribution in [0.1, 0.15) is 190 Å². The molecule has 0 bridgehead atoms. The van der Waals surface area contributed by atoms with E-state index >= 15 is 0 Å². The Balaban J connectivity index is 0.000000128. The summed E-state index contributed by atoms with van der Waals surface area (Å²) in [4.78, 5) is 54.0. The monoisotopic (exact) mass is 1660 g/mol. The molecule has 32 nitrogen and oxygen atoms in total. The molecule has 123 heavy (non-hydrogen) atoms. The van der Waals surface area contributed by atoms with E-state index in [2.05, 4.69) is 226 Å². The SMILES string of the molecule is CC(C)C(C)(c1ccc(-c2cnc(N)nc2)cc1)c1noc(C2CCC(C)(O)CC2)n1.CC(C)C(c1ccc(-c2cnc(N)nc2)cc1)c1noc(-c2cnn(C)c2)n1.C[C@@](c1ccc(-c2cnc(N)nc2)cc1)(c1noc(-c2cnn(CCN3CCCC3)c2)n1)C1CC1.Cn1cc(-c2nc(C(c3ccc(-c4cnc(N)nc4)cc3)C(C)(C)C)no2)cn1. The molecule has 12 heterocycles. The van der Waals surface area contributed by atoms with Crippen molar-refractivity contribution in [3.8, 4) is 78.9 Å². The van der Waals surface area contributed by atoms with Crippen molar-refractivity contribution in [2.24, 2.45) is 37.3 Å². The Hall–Kier alpha value is -13.5. The Morgan fingerprint density at radius 3 is 1.30 bits per heavy atom. The molecule has 3 aliphatic rings. The van der Waals surface area contributed by atoms with Gasteiger partial charge in [-0.3, -0.25) is 14.0 Å². The first-order valence-corrected chi connectivity index (χ1v) is 41.6. The zero-order chi connectivity index (χ0) is 86.3. The summed E-state index contributed by atoms with van der Waals surface area (Å²) in [5.41, 5.74) is 35.8. The normalized spacial score (nSPS) is 17.0. The summed E-state index contributed by atoms with van der Waals surface area (Å²) in [5, 5.41) is 40.4. The minimum atomic E-state index is -0.580. The van der Waals surface area contributed by atoms with Gasteiger partial charge in [0.15, 0.2) is 23.3 Å². The number of likely N-dealkylation sites (tertiary alicyclic amines) is 1. The molecule has 4 atom stereocenters. The minimum absolute atomic E-state index is 0.0193. The smallest absolute Gasteiger partial charge is 0.261 e. The van der Waals surface area contributed by atoms with Crippen LogP contribution in [-0.4, -0.2) is 145 Å². The minimum Gasteiger partial charge on any atom is -0.390 e. The number of nitrogen functional groups attached to an aromatic ring is 4. The molecule has 18 rings (SSSR count). The number of nitrogens with zero attached hydrogens (tertiary/aromatic N) is 23.